The molecule has 134 valence electrons. The lowest BCUT2D eigenvalue weighted by Gasteiger charge is -2.12. The summed E-state index contributed by atoms with van der Waals surface area (Å²) in [5.74, 6) is 0.610. The lowest BCUT2D eigenvalue weighted by atomic mass is 10.1. The Morgan fingerprint density at radius 3 is 2.50 bits per heavy atom. The van der Waals surface area contributed by atoms with Gasteiger partial charge in [0.2, 0.25) is 0 Å². The predicted octanol–water partition coefficient (Wildman–Crippen LogP) is 5.16. The largest absolute Gasteiger partial charge is 0.493 e. The molecule has 2 aromatic rings. The fourth-order valence-electron chi connectivity index (χ4n) is 2.13. The van der Waals surface area contributed by atoms with Crippen molar-refractivity contribution >= 4 is 49.5 Å². The zero-order valence-electron chi connectivity index (χ0n) is 14.2. The van der Waals surface area contributed by atoms with E-state index in [4.69, 9.17) is 9.47 Å². The number of anilines is 1. The van der Waals surface area contributed by atoms with Gasteiger partial charge in [-0.25, -0.2) is 0 Å². The van der Waals surface area contributed by atoms with Gasteiger partial charge in [0.15, 0.2) is 11.5 Å². The summed E-state index contributed by atoms with van der Waals surface area (Å²) in [5.41, 5.74) is 1.20. The lowest BCUT2D eigenvalue weighted by molar-refractivity contribution is -0.112. The number of carbonyl (C=O) groups excluding carboxylic acids is 1. The number of nitriles is 1. The van der Waals surface area contributed by atoms with Gasteiger partial charge in [0.25, 0.3) is 5.91 Å². The van der Waals surface area contributed by atoms with E-state index in [0.717, 1.165) is 4.47 Å². The summed E-state index contributed by atoms with van der Waals surface area (Å²) in [6.45, 7) is 2.37. The average Bonchev–Trinajstić information content (AvgIpc) is 2.63. The quantitative estimate of drug-likeness (QED) is 0.458. The van der Waals surface area contributed by atoms with Crippen LogP contribution in [0.25, 0.3) is 6.08 Å². The number of methoxy groups -OCH3 is 1. The first-order valence-electron chi connectivity index (χ1n) is 7.67. The maximum Gasteiger partial charge on any atom is 0.266 e. The van der Waals surface area contributed by atoms with E-state index in [-0.39, 0.29) is 5.57 Å². The first-order chi connectivity index (χ1) is 12.5. The number of nitrogens with zero attached hydrogens (tertiary/aromatic N) is 1. The van der Waals surface area contributed by atoms with Crippen LogP contribution in [0.1, 0.15) is 12.5 Å². The Balaban J connectivity index is 2.31. The first-order valence-corrected chi connectivity index (χ1v) is 9.26. The van der Waals surface area contributed by atoms with Crippen molar-refractivity contribution < 1.29 is 14.3 Å². The number of halogens is 2. The average molecular weight is 480 g/mol. The molecule has 1 N–H and O–H groups in total. The molecule has 0 saturated carbocycles. The number of hydrogen-bond donors (Lipinski definition) is 1. The fraction of sp³-hybridized carbons (Fsp3) is 0.158. The first kappa shape index (κ1) is 20.0. The maximum atomic E-state index is 12.4. The minimum absolute atomic E-state index is 0.0279. The summed E-state index contributed by atoms with van der Waals surface area (Å²) in [5, 5.41) is 12.1. The van der Waals surface area contributed by atoms with Gasteiger partial charge in [-0.2, -0.15) is 5.26 Å². The number of benzene rings is 2. The van der Waals surface area contributed by atoms with E-state index in [0.29, 0.717) is 33.8 Å². The third-order valence-corrected chi connectivity index (χ3v) is 4.57. The number of amides is 1. The molecule has 26 heavy (non-hydrogen) atoms. The molecule has 2 aromatic carbocycles. The molecule has 0 radical (unpaired) electrons. The van der Waals surface area contributed by atoms with Crippen LogP contribution in [0.15, 0.2) is 50.9 Å². The Bertz CT molecular complexity index is 872. The van der Waals surface area contributed by atoms with Crippen LogP contribution in [0, 0.1) is 11.3 Å². The monoisotopic (exact) mass is 478 g/mol. The lowest BCUT2D eigenvalue weighted by Crippen LogP contribution is -2.13. The normalized spacial score (nSPS) is 10.8. The summed E-state index contributed by atoms with van der Waals surface area (Å²) in [4.78, 5) is 12.4. The van der Waals surface area contributed by atoms with Crippen molar-refractivity contribution in [1.29, 1.82) is 5.26 Å². The van der Waals surface area contributed by atoms with Crippen molar-refractivity contribution in [2.24, 2.45) is 0 Å². The van der Waals surface area contributed by atoms with E-state index in [2.05, 4.69) is 37.2 Å². The molecule has 0 aliphatic heterocycles. The standard InChI is InChI=1S/C19H16Br2N2O3/c1-3-26-18-10-16(21)12(9-17(18)25-2)8-13(11-22)19(24)23-15-6-4-14(20)5-7-15/h4-10H,3H2,1-2H3,(H,23,24)/b13-8-. The topological polar surface area (TPSA) is 71.3 Å². The third-order valence-electron chi connectivity index (χ3n) is 3.35. The summed E-state index contributed by atoms with van der Waals surface area (Å²) < 4.78 is 12.4. The molecular formula is C19H16Br2N2O3. The molecule has 0 aliphatic carbocycles. The number of nitrogens with one attached hydrogen (secondary N) is 1. The van der Waals surface area contributed by atoms with E-state index in [9.17, 15) is 10.1 Å². The number of ether oxygens (including phenoxy) is 2. The van der Waals surface area contributed by atoms with Crippen LogP contribution in [0.4, 0.5) is 5.69 Å². The predicted molar refractivity (Wildman–Crippen MR) is 108 cm³/mol. The van der Waals surface area contributed by atoms with Crippen LogP contribution in [0.5, 0.6) is 11.5 Å². The van der Waals surface area contributed by atoms with E-state index in [1.54, 1.807) is 36.4 Å². The molecule has 0 spiro atoms. The third kappa shape index (κ3) is 5.10. The highest BCUT2D eigenvalue weighted by atomic mass is 79.9. The number of carbonyl (C=O) groups is 1. The van der Waals surface area contributed by atoms with Gasteiger partial charge in [0, 0.05) is 14.6 Å². The Hall–Kier alpha value is -2.30. The van der Waals surface area contributed by atoms with E-state index in [1.807, 2.05) is 13.0 Å². The zero-order chi connectivity index (χ0) is 19.1. The second-order valence-electron chi connectivity index (χ2n) is 5.09. The summed E-state index contributed by atoms with van der Waals surface area (Å²) in [7, 11) is 1.53. The molecule has 0 unspecified atom stereocenters. The van der Waals surface area contributed by atoms with Gasteiger partial charge >= 0.3 is 0 Å². The molecule has 7 heteroatoms. The molecule has 0 heterocycles. The number of hydrogen-bond acceptors (Lipinski definition) is 4. The molecule has 0 aliphatic rings. The van der Waals surface area contributed by atoms with Crippen molar-refractivity contribution in [1.82, 2.24) is 0 Å². The molecule has 1 amide bonds. The molecular weight excluding hydrogens is 464 g/mol. The Labute approximate surface area is 168 Å². The minimum atomic E-state index is -0.491. The van der Waals surface area contributed by atoms with Crippen LogP contribution in [-0.4, -0.2) is 19.6 Å². The highest BCUT2D eigenvalue weighted by Gasteiger charge is 2.13. The minimum Gasteiger partial charge on any atom is -0.493 e. The summed E-state index contributed by atoms with van der Waals surface area (Å²) in [6.07, 6.45) is 1.50. The SMILES string of the molecule is CCOc1cc(Br)c(/C=C(/C#N)C(=O)Nc2ccc(Br)cc2)cc1OC. The highest BCUT2D eigenvalue weighted by Crippen LogP contribution is 2.34. The molecule has 5 nitrogen and oxygen atoms in total. The van der Waals surface area contributed by atoms with Gasteiger partial charge in [-0.05, 0) is 55.0 Å². The van der Waals surface area contributed by atoms with Crippen LogP contribution < -0.4 is 14.8 Å². The zero-order valence-corrected chi connectivity index (χ0v) is 17.3. The summed E-state index contributed by atoms with van der Waals surface area (Å²) in [6, 6.07) is 12.5. The van der Waals surface area contributed by atoms with Crippen LogP contribution in [0.2, 0.25) is 0 Å². The highest BCUT2D eigenvalue weighted by molar-refractivity contribution is 9.10. The van der Waals surface area contributed by atoms with Crippen molar-refractivity contribution in [3.63, 3.8) is 0 Å². The van der Waals surface area contributed by atoms with Crippen molar-refractivity contribution in [3.05, 3.63) is 56.5 Å². The molecule has 0 fully saturated rings. The van der Waals surface area contributed by atoms with Gasteiger partial charge < -0.3 is 14.8 Å². The second kappa shape index (κ2) is 9.41. The van der Waals surface area contributed by atoms with E-state index in [1.165, 1.54) is 13.2 Å². The van der Waals surface area contributed by atoms with Gasteiger partial charge in [0.1, 0.15) is 11.6 Å². The Morgan fingerprint density at radius 1 is 1.23 bits per heavy atom. The van der Waals surface area contributed by atoms with Gasteiger partial charge in [-0.15, -0.1) is 0 Å². The van der Waals surface area contributed by atoms with Crippen molar-refractivity contribution in [3.8, 4) is 17.6 Å². The second-order valence-corrected chi connectivity index (χ2v) is 6.86. The molecule has 2 rings (SSSR count). The van der Waals surface area contributed by atoms with Crippen molar-refractivity contribution in [2.45, 2.75) is 6.92 Å². The Kier molecular flexibility index (Phi) is 7.25. The van der Waals surface area contributed by atoms with E-state index < -0.39 is 5.91 Å². The van der Waals surface area contributed by atoms with Crippen molar-refractivity contribution in [2.75, 3.05) is 19.0 Å². The van der Waals surface area contributed by atoms with Crippen LogP contribution in [0.3, 0.4) is 0 Å². The van der Waals surface area contributed by atoms with Gasteiger partial charge in [-0.3, -0.25) is 4.79 Å². The van der Waals surface area contributed by atoms with Gasteiger partial charge in [-0.1, -0.05) is 31.9 Å². The maximum absolute atomic E-state index is 12.4. The molecule has 0 bridgehead atoms. The molecule has 0 atom stereocenters. The van der Waals surface area contributed by atoms with Gasteiger partial charge in [0.05, 0.1) is 13.7 Å². The molecule has 0 aromatic heterocycles. The van der Waals surface area contributed by atoms with Crippen LogP contribution in [-0.2, 0) is 4.79 Å². The smallest absolute Gasteiger partial charge is 0.266 e. The Morgan fingerprint density at radius 2 is 1.92 bits per heavy atom. The molecule has 0 saturated heterocycles. The van der Waals surface area contributed by atoms with E-state index >= 15 is 0 Å². The summed E-state index contributed by atoms with van der Waals surface area (Å²) >= 11 is 6.77. The van der Waals surface area contributed by atoms with Crippen LogP contribution >= 0.6 is 31.9 Å². The number of rotatable bonds is 6. The fourth-order valence-corrected chi connectivity index (χ4v) is 2.83.